The van der Waals surface area contributed by atoms with Crippen molar-refractivity contribution >= 4 is 33.8 Å². The van der Waals surface area contributed by atoms with Crippen LogP contribution in [-0.4, -0.2) is 29.1 Å². The van der Waals surface area contributed by atoms with Gasteiger partial charge in [0.25, 0.3) is 15.9 Å². The van der Waals surface area contributed by atoms with Gasteiger partial charge in [-0.25, -0.2) is 8.42 Å². The van der Waals surface area contributed by atoms with Gasteiger partial charge in [-0.15, -0.1) is 0 Å². The van der Waals surface area contributed by atoms with Gasteiger partial charge in [-0.2, -0.15) is 5.10 Å². The van der Waals surface area contributed by atoms with Crippen LogP contribution in [0.5, 0.6) is 0 Å². The highest BCUT2D eigenvalue weighted by atomic mass is 32.2. The molecule has 1 amide bonds. The first-order valence-electron chi connectivity index (χ1n) is 9.33. The van der Waals surface area contributed by atoms with Crippen LogP contribution < -0.4 is 10.0 Å². The second-order valence-corrected chi connectivity index (χ2v) is 8.86. The lowest BCUT2D eigenvalue weighted by atomic mass is 10.2. The first-order chi connectivity index (χ1) is 14.2. The van der Waals surface area contributed by atoms with E-state index in [0.29, 0.717) is 34.0 Å². The fourth-order valence-corrected chi connectivity index (χ4v) is 4.64. The Bertz CT molecular complexity index is 1230. The fraction of sp³-hybridized carbons (Fsp3) is 0.250. The van der Waals surface area contributed by atoms with Crippen LogP contribution in [0.4, 0.5) is 5.69 Å². The third-order valence-corrected chi connectivity index (χ3v) is 6.43. The highest BCUT2D eigenvalue weighted by Gasteiger charge is 2.17. The maximum absolute atomic E-state index is 12.7. The van der Waals surface area contributed by atoms with Gasteiger partial charge in [-0.1, -0.05) is 12.1 Å². The number of nitrogens with one attached hydrogen (secondary N) is 3. The van der Waals surface area contributed by atoms with E-state index in [1.807, 2.05) is 19.9 Å². The summed E-state index contributed by atoms with van der Waals surface area (Å²) < 4.78 is 30.3. The van der Waals surface area contributed by atoms with Crippen molar-refractivity contribution in [3.05, 3.63) is 69.8 Å². The lowest BCUT2D eigenvalue weighted by Gasteiger charge is -2.12. The van der Waals surface area contributed by atoms with Crippen LogP contribution in [0.25, 0.3) is 0 Å². The zero-order valence-electron chi connectivity index (χ0n) is 16.9. The number of hydrogen-bond acceptors (Lipinski definition) is 5. The topological polar surface area (TPSA) is 109 Å². The number of carbonyl (C=O) groups is 1. The molecular formula is C20H23N5O3S2. The van der Waals surface area contributed by atoms with E-state index in [9.17, 15) is 13.2 Å². The molecule has 30 heavy (non-hydrogen) atoms. The highest BCUT2D eigenvalue weighted by molar-refractivity contribution is 7.92. The molecule has 8 nitrogen and oxygen atoms in total. The first kappa shape index (κ1) is 21.7. The van der Waals surface area contributed by atoms with Crippen LogP contribution in [0.1, 0.15) is 34.2 Å². The summed E-state index contributed by atoms with van der Waals surface area (Å²) in [6.07, 6.45) is 0. The number of anilines is 1. The second-order valence-electron chi connectivity index (χ2n) is 6.82. The molecular weight excluding hydrogens is 422 g/mol. The van der Waals surface area contributed by atoms with Crippen LogP contribution in [0.2, 0.25) is 0 Å². The van der Waals surface area contributed by atoms with Gasteiger partial charge in [-0.3, -0.25) is 14.6 Å². The molecule has 158 valence electrons. The number of rotatable bonds is 7. The summed E-state index contributed by atoms with van der Waals surface area (Å²) in [5.74, 6) is 0.337. The van der Waals surface area contributed by atoms with Gasteiger partial charge >= 0.3 is 0 Å². The van der Waals surface area contributed by atoms with Gasteiger partial charge in [-0.05, 0) is 74.4 Å². The minimum Gasteiger partial charge on any atom is -0.345 e. The van der Waals surface area contributed by atoms with E-state index < -0.39 is 10.0 Å². The predicted octanol–water partition coefficient (Wildman–Crippen LogP) is 3.31. The van der Waals surface area contributed by atoms with Crippen LogP contribution in [0, 0.1) is 18.6 Å². The molecule has 3 rings (SSSR count). The Morgan fingerprint density at radius 3 is 2.53 bits per heavy atom. The number of nitrogens with zero attached hydrogens (tertiary/aromatic N) is 2. The Hall–Kier alpha value is -2.98. The molecule has 0 fully saturated rings. The van der Waals surface area contributed by atoms with Crippen molar-refractivity contribution in [3.8, 4) is 0 Å². The number of aromatic amines is 1. The lowest BCUT2D eigenvalue weighted by Crippen LogP contribution is -2.24. The number of sulfonamides is 1. The van der Waals surface area contributed by atoms with Crippen LogP contribution in [0.3, 0.4) is 0 Å². The molecule has 0 saturated heterocycles. The third-order valence-electron chi connectivity index (χ3n) is 4.59. The number of hydrogen-bond donors (Lipinski definition) is 3. The molecule has 1 aromatic heterocycles. The van der Waals surface area contributed by atoms with Gasteiger partial charge in [0.1, 0.15) is 0 Å². The summed E-state index contributed by atoms with van der Waals surface area (Å²) in [6, 6.07) is 11.5. The number of H-pyrrole nitrogens is 1. The Morgan fingerprint density at radius 2 is 1.87 bits per heavy atom. The average molecular weight is 446 g/mol. The molecule has 3 N–H and O–H groups in total. The summed E-state index contributed by atoms with van der Waals surface area (Å²) >= 11 is 5.13. The van der Waals surface area contributed by atoms with E-state index in [-0.39, 0.29) is 17.3 Å². The molecule has 1 heterocycles. The number of benzene rings is 2. The quantitative estimate of drug-likeness (QED) is 0.484. The Balaban J connectivity index is 1.69. The minimum atomic E-state index is -3.73. The number of carbonyl (C=O) groups excluding carboxylic acids is 1. The monoisotopic (exact) mass is 445 g/mol. The molecule has 0 saturated carbocycles. The smallest absolute Gasteiger partial charge is 0.262 e. The highest BCUT2D eigenvalue weighted by Crippen LogP contribution is 2.21. The zero-order valence-corrected chi connectivity index (χ0v) is 18.5. The molecule has 0 atom stereocenters. The fourth-order valence-electron chi connectivity index (χ4n) is 2.97. The summed E-state index contributed by atoms with van der Waals surface area (Å²) in [6.45, 7) is 6.40. The summed E-state index contributed by atoms with van der Waals surface area (Å²) in [5.41, 5.74) is 2.30. The molecule has 0 aliphatic carbocycles. The van der Waals surface area contributed by atoms with Crippen molar-refractivity contribution in [2.24, 2.45) is 0 Å². The largest absolute Gasteiger partial charge is 0.345 e. The minimum absolute atomic E-state index is 0.223. The molecule has 0 spiro atoms. The van der Waals surface area contributed by atoms with Gasteiger partial charge in [0.05, 0.1) is 11.4 Å². The summed E-state index contributed by atoms with van der Waals surface area (Å²) in [5, 5.41) is 9.59. The van der Waals surface area contributed by atoms with Crippen molar-refractivity contribution in [1.29, 1.82) is 0 Å². The SMILES string of the molecule is CCn1c(CNC(=O)c2ccc(NS(=O)(=O)c3cc(C)ccc3C)cc2)n[nH]c1=S. The molecule has 0 aliphatic heterocycles. The van der Waals surface area contributed by atoms with Gasteiger partial charge in [0.15, 0.2) is 10.6 Å². The van der Waals surface area contributed by atoms with Gasteiger partial charge < -0.3 is 9.88 Å². The van der Waals surface area contributed by atoms with E-state index in [1.54, 1.807) is 47.9 Å². The normalized spacial score (nSPS) is 11.3. The first-order valence-corrected chi connectivity index (χ1v) is 11.2. The molecule has 2 aromatic carbocycles. The Kier molecular flexibility index (Phi) is 6.37. The maximum Gasteiger partial charge on any atom is 0.262 e. The number of aryl methyl sites for hydroxylation is 2. The Morgan fingerprint density at radius 1 is 1.17 bits per heavy atom. The molecule has 0 aliphatic rings. The van der Waals surface area contributed by atoms with Crippen LogP contribution >= 0.6 is 12.2 Å². The summed E-state index contributed by atoms with van der Waals surface area (Å²) in [4.78, 5) is 12.6. The molecule has 0 bridgehead atoms. The van der Waals surface area contributed by atoms with Crippen LogP contribution in [0.15, 0.2) is 47.4 Å². The van der Waals surface area contributed by atoms with E-state index in [0.717, 1.165) is 5.56 Å². The van der Waals surface area contributed by atoms with E-state index in [4.69, 9.17) is 12.2 Å². The van der Waals surface area contributed by atoms with Gasteiger partial charge in [0.2, 0.25) is 0 Å². The van der Waals surface area contributed by atoms with E-state index in [1.165, 1.54) is 0 Å². The standard InChI is InChI=1S/C20H23N5O3S2/c1-4-25-18(22-23-20(25)29)12-21-19(26)15-7-9-16(10-8-15)24-30(27,28)17-11-13(2)5-6-14(17)3/h5-11,24H,4,12H2,1-3H3,(H,21,26)(H,23,29). The maximum atomic E-state index is 12.7. The van der Waals surface area contributed by atoms with Crippen molar-refractivity contribution in [3.63, 3.8) is 0 Å². The summed E-state index contributed by atoms with van der Waals surface area (Å²) in [7, 11) is -3.73. The van der Waals surface area contributed by atoms with Crippen molar-refractivity contribution < 1.29 is 13.2 Å². The predicted molar refractivity (Wildman–Crippen MR) is 117 cm³/mol. The third kappa shape index (κ3) is 4.77. The molecule has 10 heteroatoms. The van der Waals surface area contributed by atoms with Crippen molar-refractivity contribution in [1.82, 2.24) is 20.1 Å². The zero-order chi connectivity index (χ0) is 21.9. The van der Waals surface area contributed by atoms with Crippen LogP contribution in [-0.2, 0) is 23.1 Å². The lowest BCUT2D eigenvalue weighted by molar-refractivity contribution is 0.0949. The molecule has 3 aromatic rings. The Labute approximate surface area is 180 Å². The molecule has 0 radical (unpaired) electrons. The average Bonchev–Trinajstić information content (AvgIpc) is 3.07. The second kappa shape index (κ2) is 8.80. The van der Waals surface area contributed by atoms with Crippen molar-refractivity contribution in [2.45, 2.75) is 38.8 Å². The molecule has 0 unspecified atom stereocenters. The number of amides is 1. The van der Waals surface area contributed by atoms with Crippen molar-refractivity contribution in [2.75, 3.05) is 4.72 Å². The number of aromatic nitrogens is 3. The van der Waals surface area contributed by atoms with E-state index >= 15 is 0 Å². The van der Waals surface area contributed by atoms with Gasteiger partial charge in [0, 0.05) is 17.8 Å². The van der Waals surface area contributed by atoms with E-state index in [2.05, 4.69) is 20.2 Å².